The van der Waals surface area contributed by atoms with Crippen molar-refractivity contribution in [1.29, 1.82) is 0 Å². The van der Waals surface area contributed by atoms with Gasteiger partial charge in [0.05, 0.1) is 18.0 Å². The first-order chi connectivity index (χ1) is 7.35. The normalized spacial score (nSPS) is 10.8. The quantitative estimate of drug-likeness (QED) is 0.496. The Kier molecular flexibility index (Phi) is 3.41. The number of aliphatic hydroxyl groups is 1. The predicted octanol–water partition coefficient (Wildman–Crippen LogP) is 1.36. The molecule has 0 saturated heterocycles. The number of nitrogens with two attached hydrogens (primary N) is 2. The van der Waals surface area contributed by atoms with E-state index in [0.29, 0.717) is 5.56 Å². The van der Waals surface area contributed by atoms with Crippen LogP contribution in [0.4, 0.5) is 15.8 Å². The first kappa shape index (κ1) is 12.3. The van der Waals surface area contributed by atoms with E-state index in [9.17, 15) is 4.39 Å². The van der Waals surface area contributed by atoms with Gasteiger partial charge in [0.1, 0.15) is 5.82 Å². The second-order valence-electron chi connectivity index (χ2n) is 4.25. The van der Waals surface area contributed by atoms with Gasteiger partial charge in [-0.15, -0.1) is 0 Å². The molecule has 1 aromatic carbocycles. The zero-order valence-electron chi connectivity index (χ0n) is 9.34. The Bertz CT molecular complexity index is 458. The van der Waals surface area contributed by atoms with E-state index in [1.54, 1.807) is 13.8 Å². The molecular weight excluding hydrogens is 207 g/mol. The van der Waals surface area contributed by atoms with E-state index >= 15 is 0 Å². The lowest BCUT2D eigenvalue weighted by Crippen LogP contribution is -2.13. The molecule has 1 aromatic rings. The van der Waals surface area contributed by atoms with Gasteiger partial charge in [-0.05, 0) is 19.9 Å². The highest BCUT2D eigenvalue weighted by Crippen LogP contribution is 2.19. The summed E-state index contributed by atoms with van der Waals surface area (Å²) in [5, 5.41) is 9.02. The standard InChI is InChI=1S/C12H15FN2O/c1-12(2,7-16)4-3-8-5-11(15)9(13)6-10(8)14/h5-6,16H,7,14-15H2,1-2H3. The summed E-state index contributed by atoms with van der Waals surface area (Å²) in [4.78, 5) is 0. The first-order valence-corrected chi connectivity index (χ1v) is 4.84. The van der Waals surface area contributed by atoms with Crippen LogP contribution in [0.3, 0.4) is 0 Å². The largest absolute Gasteiger partial charge is 0.398 e. The third kappa shape index (κ3) is 2.88. The molecule has 0 aliphatic rings. The fraction of sp³-hybridized carbons (Fsp3) is 0.333. The van der Waals surface area contributed by atoms with Crippen LogP contribution in [0.1, 0.15) is 19.4 Å². The molecule has 0 atom stereocenters. The maximum atomic E-state index is 13.0. The molecule has 0 bridgehead atoms. The van der Waals surface area contributed by atoms with Gasteiger partial charge in [0.25, 0.3) is 0 Å². The van der Waals surface area contributed by atoms with Crippen LogP contribution in [0, 0.1) is 23.1 Å². The zero-order chi connectivity index (χ0) is 12.3. The monoisotopic (exact) mass is 222 g/mol. The summed E-state index contributed by atoms with van der Waals surface area (Å²) in [7, 11) is 0. The van der Waals surface area contributed by atoms with Crippen LogP contribution in [0.15, 0.2) is 12.1 Å². The van der Waals surface area contributed by atoms with Crippen LogP contribution < -0.4 is 11.5 Å². The molecule has 0 spiro atoms. The molecule has 0 saturated carbocycles. The topological polar surface area (TPSA) is 72.3 Å². The van der Waals surface area contributed by atoms with E-state index in [2.05, 4.69) is 11.8 Å². The van der Waals surface area contributed by atoms with Crippen molar-refractivity contribution < 1.29 is 9.50 Å². The van der Waals surface area contributed by atoms with Gasteiger partial charge in [-0.2, -0.15) is 0 Å². The van der Waals surface area contributed by atoms with Crippen molar-refractivity contribution in [3.8, 4) is 11.8 Å². The van der Waals surface area contributed by atoms with E-state index in [1.165, 1.54) is 6.07 Å². The third-order valence-electron chi connectivity index (χ3n) is 2.10. The highest BCUT2D eigenvalue weighted by molar-refractivity contribution is 5.62. The lowest BCUT2D eigenvalue weighted by Gasteiger charge is -2.12. The lowest BCUT2D eigenvalue weighted by atomic mass is 9.95. The number of anilines is 2. The molecule has 0 aromatic heterocycles. The molecule has 86 valence electrons. The van der Waals surface area contributed by atoms with Crippen molar-refractivity contribution in [2.45, 2.75) is 13.8 Å². The van der Waals surface area contributed by atoms with Gasteiger partial charge in [0, 0.05) is 17.0 Å². The number of nitrogen functional groups attached to an aromatic ring is 2. The average Bonchev–Trinajstić information content (AvgIpc) is 2.22. The SMILES string of the molecule is CC(C)(C#Cc1cc(N)c(F)cc1N)CO. The summed E-state index contributed by atoms with van der Waals surface area (Å²) in [5.41, 5.74) is 11.2. The lowest BCUT2D eigenvalue weighted by molar-refractivity contribution is 0.206. The van der Waals surface area contributed by atoms with Gasteiger partial charge in [0.2, 0.25) is 0 Å². The van der Waals surface area contributed by atoms with Crippen molar-refractivity contribution >= 4 is 11.4 Å². The van der Waals surface area contributed by atoms with Gasteiger partial charge >= 0.3 is 0 Å². The average molecular weight is 222 g/mol. The number of rotatable bonds is 1. The molecule has 0 fully saturated rings. The smallest absolute Gasteiger partial charge is 0.148 e. The van der Waals surface area contributed by atoms with E-state index in [4.69, 9.17) is 16.6 Å². The molecule has 0 amide bonds. The Balaban J connectivity index is 3.11. The number of hydrogen-bond donors (Lipinski definition) is 3. The highest BCUT2D eigenvalue weighted by atomic mass is 19.1. The second kappa shape index (κ2) is 4.42. The van der Waals surface area contributed by atoms with Crippen molar-refractivity contribution in [3.63, 3.8) is 0 Å². The minimum Gasteiger partial charge on any atom is -0.398 e. The van der Waals surface area contributed by atoms with Crippen LogP contribution >= 0.6 is 0 Å². The van der Waals surface area contributed by atoms with Crippen molar-refractivity contribution in [3.05, 3.63) is 23.5 Å². The summed E-state index contributed by atoms with van der Waals surface area (Å²) in [6, 6.07) is 2.54. The van der Waals surface area contributed by atoms with E-state index in [-0.39, 0.29) is 18.0 Å². The van der Waals surface area contributed by atoms with Crippen molar-refractivity contribution in [1.82, 2.24) is 0 Å². The Morgan fingerprint density at radius 1 is 1.31 bits per heavy atom. The summed E-state index contributed by atoms with van der Waals surface area (Å²) < 4.78 is 13.0. The van der Waals surface area contributed by atoms with Gasteiger partial charge in [-0.25, -0.2) is 4.39 Å². The molecular formula is C12H15FN2O. The first-order valence-electron chi connectivity index (χ1n) is 4.84. The third-order valence-corrected chi connectivity index (χ3v) is 2.10. The minimum absolute atomic E-state index is 0.0142. The Morgan fingerprint density at radius 2 is 1.94 bits per heavy atom. The number of halogens is 1. The maximum Gasteiger partial charge on any atom is 0.148 e. The fourth-order valence-corrected chi connectivity index (χ4v) is 0.990. The van der Waals surface area contributed by atoms with E-state index < -0.39 is 11.2 Å². The number of hydrogen-bond acceptors (Lipinski definition) is 3. The van der Waals surface area contributed by atoms with Crippen LogP contribution in [0.2, 0.25) is 0 Å². The predicted molar refractivity (Wildman–Crippen MR) is 63.0 cm³/mol. The summed E-state index contributed by atoms with van der Waals surface area (Å²) >= 11 is 0. The molecule has 0 heterocycles. The molecule has 1 rings (SSSR count). The Hall–Kier alpha value is -1.73. The van der Waals surface area contributed by atoms with E-state index in [0.717, 1.165) is 6.07 Å². The molecule has 4 heteroatoms. The molecule has 3 nitrogen and oxygen atoms in total. The highest BCUT2D eigenvalue weighted by Gasteiger charge is 2.12. The van der Waals surface area contributed by atoms with Crippen LogP contribution in [-0.4, -0.2) is 11.7 Å². The summed E-state index contributed by atoms with van der Waals surface area (Å²) in [6.45, 7) is 3.53. The molecule has 0 radical (unpaired) electrons. The molecule has 0 aliphatic heterocycles. The van der Waals surface area contributed by atoms with Crippen LogP contribution in [-0.2, 0) is 0 Å². The molecule has 16 heavy (non-hydrogen) atoms. The van der Waals surface area contributed by atoms with Crippen LogP contribution in [0.25, 0.3) is 0 Å². The van der Waals surface area contributed by atoms with Crippen molar-refractivity contribution in [2.24, 2.45) is 5.41 Å². The number of benzene rings is 1. The summed E-state index contributed by atoms with van der Waals surface area (Å²) in [6.07, 6.45) is 0. The van der Waals surface area contributed by atoms with Gasteiger partial charge in [-0.1, -0.05) is 11.8 Å². The zero-order valence-corrected chi connectivity index (χ0v) is 9.34. The fourth-order valence-electron chi connectivity index (χ4n) is 0.990. The van der Waals surface area contributed by atoms with Crippen LogP contribution in [0.5, 0.6) is 0 Å². The number of aliphatic hydroxyl groups excluding tert-OH is 1. The Morgan fingerprint density at radius 3 is 2.50 bits per heavy atom. The maximum absolute atomic E-state index is 13.0. The van der Waals surface area contributed by atoms with Gasteiger partial charge in [0.15, 0.2) is 0 Å². The van der Waals surface area contributed by atoms with Crippen molar-refractivity contribution in [2.75, 3.05) is 18.1 Å². The van der Waals surface area contributed by atoms with Gasteiger partial charge < -0.3 is 16.6 Å². The second-order valence-corrected chi connectivity index (χ2v) is 4.25. The Labute approximate surface area is 94.3 Å². The molecule has 0 unspecified atom stereocenters. The summed E-state index contributed by atoms with van der Waals surface area (Å²) in [5.74, 6) is 5.09. The molecule has 0 aliphatic carbocycles. The van der Waals surface area contributed by atoms with E-state index in [1.807, 2.05) is 0 Å². The van der Waals surface area contributed by atoms with Gasteiger partial charge in [-0.3, -0.25) is 0 Å². The molecule has 5 N–H and O–H groups in total. The minimum atomic E-state index is -0.551.